The smallest absolute Gasteiger partial charge is 0.222 e. The molecule has 2 aliphatic heterocycles. The van der Waals surface area contributed by atoms with E-state index >= 15 is 0 Å². The number of nitrogens with zero attached hydrogens (tertiary/aromatic N) is 1. The summed E-state index contributed by atoms with van der Waals surface area (Å²) < 4.78 is 11.3. The molecule has 0 unspecified atom stereocenters. The number of carbonyl (C=O) groups is 1. The molecular formula is C17H22ClNO3. The van der Waals surface area contributed by atoms with Gasteiger partial charge in [0.05, 0.1) is 5.02 Å². The maximum Gasteiger partial charge on any atom is 0.222 e. The van der Waals surface area contributed by atoms with Crippen LogP contribution in [0, 0.1) is 5.92 Å². The Morgan fingerprint density at radius 3 is 2.73 bits per heavy atom. The number of hydrogen-bond donors (Lipinski definition) is 0. The quantitative estimate of drug-likeness (QED) is 0.854. The third kappa shape index (κ3) is 3.93. The Hall–Kier alpha value is -1.26. The molecule has 1 amide bonds. The lowest BCUT2D eigenvalue weighted by Crippen LogP contribution is -2.42. The number of benzene rings is 1. The predicted molar refractivity (Wildman–Crippen MR) is 85.2 cm³/mol. The molecule has 0 radical (unpaired) electrons. The molecule has 4 nitrogen and oxygen atoms in total. The zero-order valence-electron chi connectivity index (χ0n) is 12.7. The maximum absolute atomic E-state index is 12.3. The summed E-state index contributed by atoms with van der Waals surface area (Å²) in [7, 11) is 0. The van der Waals surface area contributed by atoms with Crippen molar-refractivity contribution in [2.45, 2.75) is 31.8 Å². The summed E-state index contributed by atoms with van der Waals surface area (Å²) in [4.78, 5) is 14.2. The minimum Gasteiger partial charge on any atom is -0.489 e. The largest absolute Gasteiger partial charge is 0.489 e. The van der Waals surface area contributed by atoms with Gasteiger partial charge >= 0.3 is 0 Å². The van der Waals surface area contributed by atoms with Crippen LogP contribution in [0.1, 0.15) is 25.7 Å². The van der Waals surface area contributed by atoms with Gasteiger partial charge in [0.1, 0.15) is 11.9 Å². The van der Waals surface area contributed by atoms with Crippen molar-refractivity contribution >= 4 is 17.5 Å². The molecule has 120 valence electrons. The number of amides is 1. The van der Waals surface area contributed by atoms with Gasteiger partial charge in [-0.15, -0.1) is 0 Å². The van der Waals surface area contributed by atoms with E-state index in [2.05, 4.69) is 0 Å². The highest BCUT2D eigenvalue weighted by Crippen LogP contribution is 2.27. The Labute approximate surface area is 136 Å². The zero-order chi connectivity index (χ0) is 15.4. The molecule has 0 N–H and O–H groups in total. The van der Waals surface area contributed by atoms with Crippen LogP contribution < -0.4 is 4.74 Å². The summed E-state index contributed by atoms with van der Waals surface area (Å²) in [6.45, 7) is 3.06. The van der Waals surface area contributed by atoms with E-state index in [1.165, 1.54) is 0 Å². The average molecular weight is 324 g/mol. The van der Waals surface area contributed by atoms with E-state index in [-0.39, 0.29) is 12.0 Å². The molecule has 2 fully saturated rings. The Morgan fingerprint density at radius 1 is 1.27 bits per heavy atom. The second-order valence-corrected chi connectivity index (χ2v) is 6.47. The number of rotatable bonds is 4. The molecule has 0 saturated carbocycles. The summed E-state index contributed by atoms with van der Waals surface area (Å²) in [5.41, 5.74) is 0. The first-order valence-electron chi connectivity index (χ1n) is 7.99. The average Bonchev–Trinajstić information content (AvgIpc) is 3.03. The molecule has 2 saturated heterocycles. The highest BCUT2D eigenvalue weighted by molar-refractivity contribution is 6.32. The number of halogens is 1. The molecule has 5 heteroatoms. The molecule has 2 aliphatic rings. The fourth-order valence-electron chi connectivity index (χ4n) is 3.06. The molecule has 0 aromatic heterocycles. The SMILES string of the molecule is O=C(C[C@@H]1CCOC1)N1CCC(Oc2ccccc2Cl)CC1. The minimum absolute atomic E-state index is 0.138. The molecule has 2 heterocycles. The number of likely N-dealkylation sites (tertiary alicyclic amines) is 1. The molecule has 1 aromatic carbocycles. The van der Waals surface area contributed by atoms with E-state index in [0.29, 0.717) is 17.4 Å². The van der Waals surface area contributed by atoms with Crippen LogP contribution in [0.15, 0.2) is 24.3 Å². The fraction of sp³-hybridized carbons (Fsp3) is 0.588. The van der Waals surface area contributed by atoms with Crippen molar-refractivity contribution in [2.75, 3.05) is 26.3 Å². The van der Waals surface area contributed by atoms with Crippen molar-refractivity contribution in [3.8, 4) is 5.75 Å². The summed E-state index contributed by atoms with van der Waals surface area (Å²) >= 11 is 6.12. The van der Waals surface area contributed by atoms with Gasteiger partial charge in [0.15, 0.2) is 0 Å². The Kier molecular flexibility index (Phi) is 5.21. The highest BCUT2D eigenvalue weighted by atomic mass is 35.5. The molecular weight excluding hydrogens is 302 g/mol. The molecule has 0 aliphatic carbocycles. The van der Waals surface area contributed by atoms with Gasteiger partial charge in [-0.2, -0.15) is 0 Å². The van der Waals surface area contributed by atoms with E-state index in [4.69, 9.17) is 21.1 Å². The van der Waals surface area contributed by atoms with E-state index < -0.39 is 0 Å². The summed E-state index contributed by atoms with van der Waals surface area (Å²) in [5.74, 6) is 1.40. The van der Waals surface area contributed by atoms with Crippen molar-refractivity contribution in [1.82, 2.24) is 4.90 Å². The van der Waals surface area contributed by atoms with Gasteiger partial charge < -0.3 is 14.4 Å². The first-order chi connectivity index (χ1) is 10.7. The van der Waals surface area contributed by atoms with Crippen LogP contribution in [0.2, 0.25) is 5.02 Å². The van der Waals surface area contributed by atoms with Crippen molar-refractivity contribution < 1.29 is 14.3 Å². The summed E-state index contributed by atoms with van der Waals surface area (Å²) in [6, 6.07) is 7.53. The second-order valence-electron chi connectivity index (χ2n) is 6.06. The Morgan fingerprint density at radius 2 is 2.05 bits per heavy atom. The summed E-state index contributed by atoms with van der Waals surface area (Å²) in [6.07, 6.45) is 3.49. The van der Waals surface area contributed by atoms with Crippen LogP contribution in [-0.2, 0) is 9.53 Å². The van der Waals surface area contributed by atoms with Crippen molar-refractivity contribution in [2.24, 2.45) is 5.92 Å². The highest BCUT2D eigenvalue weighted by Gasteiger charge is 2.27. The van der Waals surface area contributed by atoms with Crippen LogP contribution in [0.25, 0.3) is 0 Å². The fourth-order valence-corrected chi connectivity index (χ4v) is 3.24. The van der Waals surface area contributed by atoms with Crippen LogP contribution in [-0.4, -0.2) is 43.2 Å². The lowest BCUT2D eigenvalue weighted by Gasteiger charge is -2.32. The topological polar surface area (TPSA) is 38.8 Å². The van der Waals surface area contributed by atoms with Crippen LogP contribution in [0.5, 0.6) is 5.75 Å². The van der Waals surface area contributed by atoms with Crippen molar-refractivity contribution in [3.05, 3.63) is 29.3 Å². The monoisotopic (exact) mass is 323 g/mol. The van der Waals surface area contributed by atoms with Gasteiger partial charge in [0.25, 0.3) is 0 Å². The van der Waals surface area contributed by atoms with Gasteiger partial charge in [-0.05, 0) is 24.5 Å². The number of hydrogen-bond acceptors (Lipinski definition) is 3. The lowest BCUT2D eigenvalue weighted by atomic mass is 10.0. The van der Waals surface area contributed by atoms with E-state index in [9.17, 15) is 4.79 Å². The van der Waals surface area contributed by atoms with Gasteiger partial charge in [-0.1, -0.05) is 23.7 Å². The number of carbonyl (C=O) groups excluding carboxylic acids is 1. The number of ether oxygens (including phenoxy) is 2. The third-order valence-electron chi connectivity index (χ3n) is 4.41. The molecule has 0 bridgehead atoms. The zero-order valence-corrected chi connectivity index (χ0v) is 13.4. The van der Waals surface area contributed by atoms with Crippen molar-refractivity contribution in [3.63, 3.8) is 0 Å². The van der Waals surface area contributed by atoms with Crippen molar-refractivity contribution in [1.29, 1.82) is 0 Å². The van der Waals surface area contributed by atoms with Crippen LogP contribution in [0.4, 0.5) is 0 Å². The lowest BCUT2D eigenvalue weighted by molar-refractivity contribution is -0.134. The van der Waals surface area contributed by atoms with Gasteiger partial charge in [-0.25, -0.2) is 0 Å². The van der Waals surface area contributed by atoms with Gasteiger partial charge in [0, 0.05) is 45.6 Å². The summed E-state index contributed by atoms with van der Waals surface area (Å²) in [5, 5.41) is 0.641. The Bertz CT molecular complexity index is 508. The molecule has 3 rings (SSSR count). The molecule has 1 aromatic rings. The molecule has 1 atom stereocenters. The third-order valence-corrected chi connectivity index (χ3v) is 4.72. The minimum atomic E-state index is 0.138. The second kappa shape index (κ2) is 7.34. The standard InChI is InChI=1S/C17H22ClNO3/c18-15-3-1-2-4-16(15)22-14-5-8-19(9-6-14)17(20)11-13-7-10-21-12-13/h1-4,13-14H,5-12H2/t13-/m0/s1. The number of para-hydroxylation sites is 1. The first-order valence-corrected chi connectivity index (χ1v) is 8.37. The van der Waals surface area contributed by atoms with Crippen LogP contribution in [0.3, 0.4) is 0 Å². The number of piperidine rings is 1. The van der Waals surface area contributed by atoms with Gasteiger partial charge in [0.2, 0.25) is 5.91 Å². The maximum atomic E-state index is 12.3. The predicted octanol–water partition coefficient (Wildman–Crippen LogP) is 3.14. The first kappa shape index (κ1) is 15.6. The Balaban J connectivity index is 1.45. The van der Waals surface area contributed by atoms with E-state index in [1.807, 2.05) is 29.2 Å². The normalized spacial score (nSPS) is 22.8. The van der Waals surface area contributed by atoms with E-state index in [0.717, 1.165) is 51.3 Å². The van der Waals surface area contributed by atoms with Gasteiger partial charge in [-0.3, -0.25) is 4.79 Å². The molecule has 22 heavy (non-hydrogen) atoms. The molecule has 0 spiro atoms. The van der Waals surface area contributed by atoms with E-state index in [1.54, 1.807) is 0 Å². The van der Waals surface area contributed by atoms with Crippen LogP contribution >= 0.6 is 11.6 Å².